The lowest BCUT2D eigenvalue weighted by Gasteiger charge is -2.25. The van der Waals surface area contributed by atoms with Gasteiger partial charge in [0.05, 0.1) is 24.0 Å². The van der Waals surface area contributed by atoms with Crippen LogP contribution in [0.25, 0.3) is 22.2 Å². The Morgan fingerprint density at radius 2 is 1.85 bits per heavy atom. The number of ether oxygens (including phenoxy) is 1. The molecule has 2 aromatic carbocycles. The number of halogens is 6. The molecular weight excluding hydrogens is 542 g/mol. The standard InChI is InChI=1S/C26H22F6N6O2/c1-38-8-7-13-3-4-15(9-14(13)12-38)35-23-34-11-18(25(27,28)29)21(37-23)17-10-33-22-16(17)5-6-19(36-24(39)40-2)20(22)26(30,31)32/h3-6,9-11,33H,7-8,12H2,1-2H3,(H,36,39)(H,34,35,37). The Labute approximate surface area is 223 Å². The second-order valence-corrected chi connectivity index (χ2v) is 9.28. The van der Waals surface area contributed by atoms with Gasteiger partial charge < -0.3 is 19.9 Å². The van der Waals surface area contributed by atoms with Gasteiger partial charge in [-0.3, -0.25) is 5.32 Å². The zero-order valence-corrected chi connectivity index (χ0v) is 21.1. The number of anilines is 3. The zero-order chi connectivity index (χ0) is 28.8. The first-order valence-corrected chi connectivity index (χ1v) is 11.9. The molecule has 0 bridgehead atoms. The number of carbonyl (C=O) groups excluding carboxylic acids is 1. The van der Waals surface area contributed by atoms with Gasteiger partial charge in [-0.1, -0.05) is 12.1 Å². The molecule has 0 spiro atoms. The molecule has 2 aromatic heterocycles. The molecule has 0 radical (unpaired) electrons. The number of rotatable bonds is 4. The second kappa shape index (κ2) is 10.0. The molecule has 8 nitrogen and oxygen atoms in total. The molecule has 40 heavy (non-hydrogen) atoms. The summed E-state index contributed by atoms with van der Waals surface area (Å²) in [6.45, 7) is 1.61. The van der Waals surface area contributed by atoms with Crippen molar-refractivity contribution in [3.63, 3.8) is 0 Å². The second-order valence-electron chi connectivity index (χ2n) is 9.28. The van der Waals surface area contributed by atoms with Gasteiger partial charge in [0.25, 0.3) is 0 Å². The third kappa shape index (κ3) is 5.26. The number of hydrogen-bond acceptors (Lipinski definition) is 6. The minimum Gasteiger partial charge on any atom is -0.453 e. The molecule has 210 valence electrons. The number of nitrogens with zero attached hydrogens (tertiary/aromatic N) is 3. The Hall–Kier alpha value is -4.33. The van der Waals surface area contributed by atoms with Gasteiger partial charge in [-0.2, -0.15) is 26.3 Å². The predicted molar refractivity (Wildman–Crippen MR) is 135 cm³/mol. The average molecular weight is 564 g/mol. The highest BCUT2D eigenvalue weighted by molar-refractivity contribution is 6.01. The van der Waals surface area contributed by atoms with Crippen molar-refractivity contribution in [2.24, 2.45) is 0 Å². The van der Waals surface area contributed by atoms with E-state index in [-0.39, 0.29) is 16.9 Å². The summed E-state index contributed by atoms with van der Waals surface area (Å²) in [6.07, 6.45) is -8.54. The molecule has 3 heterocycles. The van der Waals surface area contributed by atoms with E-state index in [1.165, 1.54) is 0 Å². The van der Waals surface area contributed by atoms with Crippen LogP contribution in [-0.2, 0) is 30.1 Å². The van der Waals surface area contributed by atoms with Crippen LogP contribution in [0.3, 0.4) is 0 Å². The third-order valence-corrected chi connectivity index (χ3v) is 6.58. The van der Waals surface area contributed by atoms with Crippen LogP contribution >= 0.6 is 0 Å². The van der Waals surface area contributed by atoms with Crippen LogP contribution in [0, 0.1) is 0 Å². The van der Waals surface area contributed by atoms with Crippen LogP contribution in [0.2, 0.25) is 0 Å². The summed E-state index contributed by atoms with van der Waals surface area (Å²) >= 11 is 0. The van der Waals surface area contributed by atoms with E-state index in [1.54, 1.807) is 6.07 Å². The van der Waals surface area contributed by atoms with Gasteiger partial charge >= 0.3 is 18.4 Å². The topological polar surface area (TPSA) is 95.2 Å². The Morgan fingerprint density at radius 1 is 1.07 bits per heavy atom. The maximum Gasteiger partial charge on any atom is 0.420 e. The molecule has 0 fully saturated rings. The van der Waals surface area contributed by atoms with Gasteiger partial charge in [0.15, 0.2) is 0 Å². The first kappa shape index (κ1) is 27.2. The number of carbonyl (C=O) groups is 1. The average Bonchev–Trinajstić information content (AvgIpc) is 3.30. The van der Waals surface area contributed by atoms with Crippen LogP contribution in [0.5, 0.6) is 0 Å². The zero-order valence-electron chi connectivity index (χ0n) is 21.1. The van der Waals surface area contributed by atoms with E-state index < -0.39 is 46.5 Å². The maximum absolute atomic E-state index is 14.0. The number of hydrogen-bond donors (Lipinski definition) is 3. The molecule has 3 N–H and O–H groups in total. The molecule has 1 aliphatic rings. The number of benzene rings is 2. The van der Waals surface area contributed by atoms with Crippen LogP contribution in [0.4, 0.5) is 48.5 Å². The Morgan fingerprint density at radius 3 is 2.55 bits per heavy atom. The lowest BCUT2D eigenvalue weighted by molar-refractivity contribution is -0.137. The van der Waals surface area contributed by atoms with Crippen molar-refractivity contribution in [2.75, 3.05) is 31.3 Å². The molecule has 0 unspecified atom stereocenters. The van der Waals surface area contributed by atoms with E-state index >= 15 is 0 Å². The number of nitrogens with one attached hydrogen (secondary N) is 3. The highest BCUT2D eigenvalue weighted by atomic mass is 19.4. The smallest absolute Gasteiger partial charge is 0.420 e. The highest BCUT2D eigenvalue weighted by Gasteiger charge is 2.39. The number of aromatic amines is 1. The first-order chi connectivity index (χ1) is 18.8. The molecule has 0 saturated heterocycles. The van der Waals surface area contributed by atoms with Crippen molar-refractivity contribution in [1.82, 2.24) is 19.9 Å². The van der Waals surface area contributed by atoms with Crippen molar-refractivity contribution in [2.45, 2.75) is 25.3 Å². The summed E-state index contributed by atoms with van der Waals surface area (Å²) in [5, 5.41) is 4.71. The van der Waals surface area contributed by atoms with Gasteiger partial charge in [-0.25, -0.2) is 14.8 Å². The van der Waals surface area contributed by atoms with Gasteiger partial charge in [0.1, 0.15) is 11.1 Å². The van der Waals surface area contributed by atoms with E-state index in [0.717, 1.165) is 49.5 Å². The van der Waals surface area contributed by atoms with Crippen LogP contribution in [0.15, 0.2) is 42.7 Å². The minimum absolute atomic E-state index is 0.165. The van der Waals surface area contributed by atoms with E-state index in [2.05, 4.69) is 29.9 Å². The van der Waals surface area contributed by atoms with E-state index in [4.69, 9.17) is 0 Å². The summed E-state index contributed by atoms with van der Waals surface area (Å²) in [6, 6.07) is 7.66. The fraction of sp³-hybridized carbons (Fsp3) is 0.269. The normalized spacial score (nSPS) is 14.2. The summed E-state index contributed by atoms with van der Waals surface area (Å²) in [5.74, 6) is -0.165. The lowest BCUT2D eigenvalue weighted by atomic mass is 9.99. The number of H-pyrrole nitrogens is 1. The molecular formula is C26H22F6N6O2. The number of likely N-dealkylation sites (N-methyl/N-ethyl adjacent to an activating group) is 1. The SMILES string of the molecule is COC(=O)Nc1ccc2c(-c3nc(Nc4ccc5c(c4)CN(C)CC5)ncc3C(F)(F)F)c[nH]c2c1C(F)(F)F. The minimum atomic E-state index is -4.97. The van der Waals surface area contributed by atoms with Crippen molar-refractivity contribution >= 4 is 34.3 Å². The first-order valence-electron chi connectivity index (χ1n) is 11.9. The number of aromatic nitrogens is 3. The van der Waals surface area contributed by atoms with Crippen molar-refractivity contribution < 1.29 is 35.9 Å². The maximum atomic E-state index is 14.0. The summed E-state index contributed by atoms with van der Waals surface area (Å²) in [7, 11) is 2.96. The summed E-state index contributed by atoms with van der Waals surface area (Å²) in [4.78, 5) is 24.1. The van der Waals surface area contributed by atoms with Crippen molar-refractivity contribution in [3.05, 3.63) is 65.0 Å². The van der Waals surface area contributed by atoms with Gasteiger partial charge in [0.2, 0.25) is 5.95 Å². The molecule has 0 aliphatic carbocycles. The summed E-state index contributed by atoms with van der Waals surface area (Å²) in [5.41, 5.74) is -1.73. The largest absolute Gasteiger partial charge is 0.453 e. The highest BCUT2D eigenvalue weighted by Crippen LogP contribution is 2.44. The molecule has 1 aliphatic heterocycles. The molecule has 5 rings (SSSR count). The van der Waals surface area contributed by atoms with Gasteiger partial charge in [-0.15, -0.1) is 0 Å². The fourth-order valence-corrected chi connectivity index (χ4v) is 4.71. The van der Waals surface area contributed by atoms with Crippen molar-refractivity contribution in [1.29, 1.82) is 0 Å². The molecule has 1 amide bonds. The third-order valence-electron chi connectivity index (χ3n) is 6.58. The van der Waals surface area contributed by atoms with Gasteiger partial charge in [-0.05, 0) is 42.8 Å². The number of fused-ring (bicyclic) bond motifs is 2. The Bertz CT molecular complexity index is 1600. The molecule has 4 aromatic rings. The van der Waals surface area contributed by atoms with E-state index in [0.29, 0.717) is 18.4 Å². The number of methoxy groups -OCH3 is 1. The quantitative estimate of drug-likeness (QED) is 0.243. The van der Waals surface area contributed by atoms with Gasteiger partial charge in [0, 0.05) is 42.1 Å². The summed E-state index contributed by atoms with van der Waals surface area (Å²) < 4.78 is 88.4. The Balaban J connectivity index is 1.61. The van der Waals surface area contributed by atoms with E-state index in [9.17, 15) is 31.1 Å². The van der Waals surface area contributed by atoms with Crippen LogP contribution in [-0.4, -0.2) is 46.6 Å². The number of alkyl halides is 6. The van der Waals surface area contributed by atoms with Crippen LogP contribution in [0.1, 0.15) is 22.3 Å². The lowest BCUT2D eigenvalue weighted by Crippen LogP contribution is -2.26. The van der Waals surface area contributed by atoms with E-state index in [1.807, 2.05) is 24.5 Å². The molecule has 0 saturated carbocycles. The van der Waals surface area contributed by atoms with Crippen molar-refractivity contribution in [3.8, 4) is 11.3 Å². The van der Waals surface area contributed by atoms with Crippen LogP contribution < -0.4 is 10.6 Å². The number of amides is 1. The monoisotopic (exact) mass is 564 g/mol. The Kier molecular flexibility index (Phi) is 6.82. The molecule has 0 atom stereocenters. The molecule has 14 heteroatoms. The predicted octanol–water partition coefficient (Wildman–Crippen LogP) is 6.57. The fourth-order valence-electron chi connectivity index (χ4n) is 4.71.